The first-order valence-electron chi connectivity index (χ1n) is 6.49. The van der Waals surface area contributed by atoms with Gasteiger partial charge < -0.3 is 15.4 Å². The van der Waals surface area contributed by atoms with Gasteiger partial charge in [-0.2, -0.15) is 0 Å². The number of fused-ring (bicyclic) bond motifs is 1. The third kappa shape index (κ3) is 2.84. The van der Waals surface area contributed by atoms with E-state index in [4.69, 9.17) is 4.74 Å². The summed E-state index contributed by atoms with van der Waals surface area (Å²) < 4.78 is 5.59. The number of aromatic nitrogens is 1. The first-order chi connectivity index (χ1) is 10.2. The Balaban J connectivity index is 1.64. The monoisotopic (exact) mass is 283 g/mol. The van der Waals surface area contributed by atoms with Crippen molar-refractivity contribution < 1.29 is 14.3 Å². The number of amides is 2. The Kier molecular flexibility index (Phi) is 3.51. The minimum absolute atomic E-state index is 0.0912. The van der Waals surface area contributed by atoms with Crippen LogP contribution in [-0.2, 0) is 4.79 Å². The first kappa shape index (κ1) is 13.1. The van der Waals surface area contributed by atoms with Gasteiger partial charge in [-0.1, -0.05) is 12.1 Å². The summed E-state index contributed by atoms with van der Waals surface area (Å²) in [5.74, 6) is 0.0243. The van der Waals surface area contributed by atoms with E-state index in [9.17, 15) is 9.59 Å². The third-order valence-electron chi connectivity index (χ3n) is 3.08. The number of ether oxygens (including phenoxy) is 1. The summed E-state index contributed by atoms with van der Waals surface area (Å²) in [6.07, 6.45) is 2.30. The average Bonchev–Trinajstić information content (AvgIpc) is 2.53. The van der Waals surface area contributed by atoms with Crippen molar-refractivity contribution in [2.24, 2.45) is 0 Å². The van der Waals surface area contributed by atoms with Crippen LogP contribution in [0.2, 0.25) is 0 Å². The number of carbonyl (C=O) groups is 2. The molecule has 1 aliphatic heterocycles. The van der Waals surface area contributed by atoms with Gasteiger partial charge in [0.1, 0.15) is 5.75 Å². The Bertz CT molecular complexity index is 673. The number of rotatable bonds is 3. The van der Waals surface area contributed by atoms with Gasteiger partial charge in [-0.15, -0.1) is 0 Å². The quantitative estimate of drug-likeness (QED) is 0.887. The Hall–Kier alpha value is -2.89. The van der Waals surface area contributed by atoms with E-state index in [1.54, 1.807) is 30.5 Å². The van der Waals surface area contributed by atoms with Crippen LogP contribution in [0.25, 0.3) is 0 Å². The lowest BCUT2D eigenvalue weighted by Gasteiger charge is -2.25. The van der Waals surface area contributed by atoms with Gasteiger partial charge in [-0.25, -0.2) is 0 Å². The van der Waals surface area contributed by atoms with E-state index in [1.807, 2.05) is 12.1 Å². The smallest absolute Gasteiger partial charge is 0.267 e. The van der Waals surface area contributed by atoms with Gasteiger partial charge in [-0.05, 0) is 24.3 Å². The normalized spacial score (nSPS) is 16.4. The maximum atomic E-state index is 11.9. The van der Waals surface area contributed by atoms with Crippen LogP contribution >= 0.6 is 0 Å². The number of nitrogens with zero attached hydrogens (tertiary/aromatic N) is 1. The van der Waals surface area contributed by atoms with Gasteiger partial charge >= 0.3 is 0 Å². The van der Waals surface area contributed by atoms with Crippen molar-refractivity contribution in [3.63, 3.8) is 0 Å². The Labute approximate surface area is 121 Å². The summed E-state index contributed by atoms with van der Waals surface area (Å²) in [4.78, 5) is 27.7. The van der Waals surface area contributed by atoms with Gasteiger partial charge in [0.25, 0.3) is 11.8 Å². The minimum atomic E-state index is -0.750. The molecule has 1 aliphatic rings. The van der Waals surface area contributed by atoms with Gasteiger partial charge in [0.2, 0.25) is 0 Å². The van der Waals surface area contributed by atoms with Crippen molar-refractivity contribution in [1.29, 1.82) is 0 Å². The third-order valence-corrected chi connectivity index (χ3v) is 3.08. The van der Waals surface area contributed by atoms with Crippen LogP contribution in [0.3, 0.4) is 0 Å². The molecule has 2 amide bonds. The molecule has 1 atom stereocenters. The molecule has 0 spiro atoms. The second-order valence-electron chi connectivity index (χ2n) is 4.54. The molecule has 3 rings (SSSR count). The molecule has 1 aromatic heterocycles. The van der Waals surface area contributed by atoms with Crippen LogP contribution in [0.4, 0.5) is 5.69 Å². The maximum absolute atomic E-state index is 11.9. The zero-order valence-electron chi connectivity index (χ0n) is 11.1. The number of nitrogens with one attached hydrogen (secondary N) is 2. The second-order valence-corrected chi connectivity index (χ2v) is 4.54. The number of para-hydroxylation sites is 2. The Morgan fingerprint density at radius 1 is 1.29 bits per heavy atom. The lowest BCUT2D eigenvalue weighted by molar-refractivity contribution is -0.123. The molecule has 0 aliphatic carbocycles. The first-order valence-corrected chi connectivity index (χ1v) is 6.49. The second kappa shape index (κ2) is 5.62. The Morgan fingerprint density at radius 2 is 2.14 bits per heavy atom. The highest BCUT2D eigenvalue weighted by atomic mass is 16.5. The standard InChI is InChI=1S/C15H13N3O3/c19-14(10-4-3-7-16-8-10)17-9-13-15(20)18-11-5-1-2-6-12(11)21-13/h1-8,13H,9H2,(H,17,19)(H,18,20). The predicted molar refractivity (Wildman–Crippen MR) is 76.1 cm³/mol. The van der Waals surface area contributed by atoms with Gasteiger partial charge in [0.15, 0.2) is 6.10 Å². The molecular weight excluding hydrogens is 270 g/mol. The molecule has 0 saturated carbocycles. The molecule has 2 heterocycles. The number of carbonyl (C=O) groups excluding carboxylic acids is 2. The lowest BCUT2D eigenvalue weighted by Crippen LogP contribution is -2.45. The van der Waals surface area contributed by atoms with Crippen LogP contribution < -0.4 is 15.4 Å². The van der Waals surface area contributed by atoms with E-state index in [0.717, 1.165) is 0 Å². The van der Waals surface area contributed by atoms with Crippen LogP contribution in [-0.4, -0.2) is 29.4 Å². The average molecular weight is 283 g/mol. The van der Waals surface area contributed by atoms with Crippen molar-refractivity contribution in [2.45, 2.75) is 6.10 Å². The summed E-state index contributed by atoms with van der Waals surface area (Å²) in [6.45, 7) is 0.0912. The van der Waals surface area contributed by atoms with Gasteiger partial charge in [-0.3, -0.25) is 14.6 Å². The summed E-state index contributed by atoms with van der Waals surface area (Å²) in [7, 11) is 0. The Morgan fingerprint density at radius 3 is 2.95 bits per heavy atom. The summed E-state index contributed by atoms with van der Waals surface area (Å²) in [5.41, 5.74) is 1.08. The van der Waals surface area contributed by atoms with Crippen LogP contribution in [0, 0.1) is 0 Å². The largest absolute Gasteiger partial charge is 0.477 e. The van der Waals surface area contributed by atoms with Crippen molar-refractivity contribution in [2.75, 3.05) is 11.9 Å². The molecular formula is C15H13N3O3. The van der Waals surface area contributed by atoms with Crippen LogP contribution in [0.15, 0.2) is 48.8 Å². The van der Waals surface area contributed by atoms with Crippen molar-refractivity contribution in [3.05, 3.63) is 54.4 Å². The number of benzene rings is 1. The van der Waals surface area contributed by atoms with E-state index >= 15 is 0 Å². The number of hydrogen-bond donors (Lipinski definition) is 2. The SMILES string of the molecule is O=C(NCC1Oc2ccccc2NC1=O)c1cccnc1. The minimum Gasteiger partial charge on any atom is -0.477 e. The highest BCUT2D eigenvalue weighted by Crippen LogP contribution is 2.28. The zero-order valence-corrected chi connectivity index (χ0v) is 11.1. The van der Waals surface area contributed by atoms with Crippen molar-refractivity contribution >= 4 is 17.5 Å². The highest BCUT2D eigenvalue weighted by molar-refractivity contribution is 5.99. The fraction of sp³-hybridized carbons (Fsp3) is 0.133. The maximum Gasteiger partial charge on any atom is 0.267 e. The molecule has 6 heteroatoms. The van der Waals surface area contributed by atoms with Crippen LogP contribution in [0.1, 0.15) is 10.4 Å². The van der Waals surface area contributed by atoms with E-state index < -0.39 is 6.10 Å². The molecule has 0 fully saturated rings. The van der Waals surface area contributed by atoms with Crippen molar-refractivity contribution in [3.8, 4) is 5.75 Å². The van der Waals surface area contributed by atoms with E-state index in [-0.39, 0.29) is 18.4 Å². The van der Waals surface area contributed by atoms with Gasteiger partial charge in [0, 0.05) is 12.4 Å². The molecule has 0 saturated heterocycles. The number of pyridine rings is 1. The molecule has 21 heavy (non-hydrogen) atoms. The summed E-state index contributed by atoms with van der Waals surface area (Å²) in [5, 5.41) is 5.41. The topological polar surface area (TPSA) is 80.3 Å². The fourth-order valence-electron chi connectivity index (χ4n) is 2.01. The fourth-order valence-corrected chi connectivity index (χ4v) is 2.01. The molecule has 2 aromatic rings. The predicted octanol–water partition coefficient (Wildman–Crippen LogP) is 1.21. The van der Waals surface area contributed by atoms with Crippen molar-refractivity contribution in [1.82, 2.24) is 10.3 Å². The molecule has 0 bridgehead atoms. The lowest BCUT2D eigenvalue weighted by atomic mass is 10.2. The highest BCUT2D eigenvalue weighted by Gasteiger charge is 2.27. The van der Waals surface area contributed by atoms with E-state index in [2.05, 4.69) is 15.6 Å². The molecule has 106 valence electrons. The molecule has 0 radical (unpaired) electrons. The van der Waals surface area contributed by atoms with Crippen LogP contribution in [0.5, 0.6) is 5.75 Å². The molecule has 1 unspecified atom stereocenters. The molecule has 2 N–H and O–H groups in total. The molecule has 6 nitrogen and oxygen atoms in total. The van der Waals surface area contributed by atoms with E-state index in [1.165, 1.54) is 6.20 Å². The molecule has 1 aromatic carbocycles. The summed E-state index contributed by atoms with van der Waals surface area (Å²) in [6, 6.07) is 10.5. The number of hydrogen-bond acceptors (Lipinski definition) is 4. The zero-order chi connectivity index (χ0) is 14.7. The summed E-state index contributed by atoms with van der Waals surface area (Å²) >= 11 is 0. The van der Waals surface area contributed by atoms with Gasteiger partial charge in [0.05, 0.1) is 17.8 Å². The number of anilines is 1. The van der Waals surface area contributed by atoms with E-state index in [0.29, 0.717) is 17.0 Å².